The van der Waals surface area contributed by atoms with Crippen LogP contribution < -0.4 is 5.73 Å². The molecule has 0 amide bonds. The van der Waals surface area contributed by atoms with Crippen LogP contribution >= 0.6 is 15.9 Å². The summed E-state index contributed by atoms with van der Waals surface area (Å²) in [4.78, 5) is 15.7. The molecule has 1 aliphatic heterocycles. The van der Waals surface area contributed by atoms with Crippen LogP contribution in [0.3, 0.4) is 0 Å². The van der Waals surface area contributed by atoms with Gasteiger partial charge in [-0.15, -0.1) is 0 Å². The number of esters is 1. The number of nitrogens with zero attached hydrogens (tertiary/aromatic N) is 1. The zero-order valence-corrected chi connectivity index (χ0v) is 10.5. The molecule has 0 saturated carbocycles. The van der Waals surface area contributed by atoms with E-state index in [-0.39, 0.29) is 0 Å². The van der Waals surface area contributed by atoms with Crippen molar-refractivity contribution in [2.24, 2.45) is 16.1 Å². The molecule has 0 fully saturated rings. The molecule has 16 heavy (non-hydrogen) atoms. The Morgan fingerprint density at radius 1 is 1.62 bits per heavy atom. The Morgan fingerprint density at radius 2 is 2.31 bits per heavy atom. The summed E-state index contributed by atoms with van der Waals surface area (Å²) in [5.74, 6) is -0.435. The quantitative estimate of drug-likeness (QED) is 0.744. The van der Waals surface area contributed by atoms with Crippen molar-refractivity contribution in [2.75, 3.05) is 7.11 Å². The summed E-state index contributed by atoms with van der Waals surface area (Å²) >= 11 is 3.41. The van der Waals surface area contributed by atoms with Gasteiger partial charge in [0.05, 0.1) is 18.1 Å². The molecule has 5 heteroatoms. The van der Waals surface area contributed by atoms with Gasteiger partial charge in [0.1, 0.15) is 0 Å². The molecule has 0 spiro atoms. The Balaban J connectivity index is 2.60. The lowest BCUT2D eigenvalue weighted by Gasteiger charge is -2.30. The van der Waals surface area contributed by atoms with Gasteiger partial charge in [0.2, 0.25) is 0 Å². The number of carbonyl (C=O) groups excluding carboxylic acids is 1. The minimum atomic E-state index is -0.517. The Labute approximate surface area is 102 Å². The number of halogens is 1. The number of ether oxygens (including phenoxy) is 1. The van der Waals surface area contributed by atoms with E-state index in [2.05, 4.69) is 20.9 Å². The average Bonchev–Trinajstić information content (AvgIpc) is 2.66. The van der Waals surface area contributed by atoms with E-state index >= 15 is 0 Å². The lowest BCUT2D eigenvalue weighted by Crippen LogP contribution is -2.32. The molecule has 0 radical (unpaired) electrons. The molecule has 0 bridgehead atoms. The molecule has 0 saturated heterocycles. The summed E-state index contributed by atoms with van der Waals surface area (Å²) in [5.41, 5.74) is 7.30. The van der Waals surface area contributed by atoms with Gasteiger partial charge in [0.25, 0.3) is 0 Å². The SMILES string of the molecule is COC(=O)C1=C(N)C2(C)C=NC=C2C(Br)=C1. The van der Waals surface area contributed by atoms with E-state index in [9.17, 15) is 4.79 Å². The second-order valence-corrected chi connectivity index (χ2v) is 4.69. The average molecular weight is 283 g/mol. The smallest absolute Gasteiger partial charge is 0.339 e. The lowest BCUT2D eigenvalue weighted by molar-refractivity contribution is -0.135. The van der Waals surface area contributed by atoms with Crippen LogP contribution in [-0.4, -0.2) is 19.3 Å². The summed E-state index contributed by atoms with van der Waals surface area (Å²) in [7, 11) is 1.33. The topological polar surface area (TPSA) is 64.7 Å². The standard InChI is InChI=1S/C11H11BrN2O2/c1-11-5-14-4-7(11)8(12)3-6(9(11)13)10(15)16-2/h3-5H,13H2,1-2H3. The summed E-state index contributed by atoms with van der Waals surface area (Å²) in [6.45, 7) is 1.92. The minimum Gasteiger partial charge on any atom is -0.465 e. The maximum atomic E-state index is 11.6. The lowest BCUT2D eigenvalue weighted by atomic mass is 9.76. The van der Waals surface area contributed by atoms with Gasteiger partial charge < -0.3 is 10.5 Å². The number of allylic oxidation sites excluding steroid dienone is 2. The Kier molecular flexibility index (Phi) is 2.50. The second kappa shape index (κ2) is 3.59. The Bertz CT molecular complexity index is 488. The zero-order valence-electron chi connectivity index (χ0n) is 8.95. The van der Waals surface area contributed by atoms with Crippen LogP contribution in [0.4, 0.5) is 0 Å². The van der Waals surface area contributed by atoms with E-state index < -0.39 is 11.4 Å². The maximum Gasteiger partial charge on any atom is 0.339 e. The van der Waals surface area contributed by atoms with Crippen molar-refractivity contribution in [3.05, 3.63) is 33.6 Å². The molecule has 2 rings (SSSR count). The van der Waals surface area contributed by atoms with E-state index in [1.54, 1.807) is 18.5 Å². The van der Waals surface area contributed by atoms with E-state index in [1.807, 2.05) is 6.92 Å². The summed E-state index contributed by atoms with van der Waals surface area (Å²) in [6.07, 6.45) is 5.14. The van der Waals surface area contributed by atoms with Crippen molar-refractivity contribution in [2.45, 2.75) is 6.92 Å². The van der Waals surface area contributed by atoms with Gasteiger partial charge in [-0.25, -0.2) is 4.79 Å². The van der Waals surface area contributed by atoms with Crippen LogP contribution in [0.2, 0.25) is 0 Å². The Hall–Kier alpha value is -1.36. The fraction of sp³-hybridized carbons (Fsp3) is 0.273. The first-order valence-corrected chi connectivity index (χ1v) is 5.51. The van der Waals surface area contributed by atoms with E-state index in [0.29, 0.717) is 11.3 Å². The number of hydrogen-bond acceptors (Lipinski definition) is 4. The first-order valence-electron chi connectivity index (χ1n) is 4.72. The molecule has 1 heterocycles. The number of aliphatic imine (C=N–C) groups is 1. The predicted octanol–water partition coefficient (Wildman–Crippen LogP) is 1.64. The first-order chi connectivity index (χ1) is 7.50. The van der Waals surface area contributed by atoms with Crippen LogP contribution in [-0.2, 0) is 9.53 Å². The molecule has 4 nitrogen and oxygen atoms in total. The van der Waals surface area contributed by atoms with Crippen molar-refractivity contribution < 1.29 is 9.53 Å². The van der Waals surface area contributed by atoms with Gasteiger partial charge in [-0.3, -0.25) is 4.99 Å². The molecular weight excluding hydrogens is 272 g/mol. The predicted molar refractivity (Wildman–Crippen MR) is 64.9 cm³/mol. The highest BCUT2D eigenvalue weighted by Gasteiger charge is 2.40. The molecule has 0 aromatic rings. The number of rotatable bonds is 1. The maximum absolute atomic E-state index is 11.6. The summed E-state index contributed by atoms with van der Waals surface area (Å²) in [6, 6.07) is 0. The molecular formula is C11H11BrN2O2. The normalized spacial score (nSPS) is 27.4. The highest BCUT2D eigenvalue weighted by molar-refractivity contribution is 9.12. The molecule has 1 atom stereocenters. The van der Waals surface area contributed by atoms with Crippen molar-refractivity contribution in [3.63, 3.8) is 0 Å². The zero-order chi connectivity index (χ0) is 11.9. The highest BCUT2D eigenvalue weighted by Crippen LogP contribution is 2.45. The molecule has 2 aliphatic rings. The molecule has 1 aliphatic carbocycles. The van der Waals surface area contributed by atoms with Crippen LogP contribution in [0.15, 0.2) is 38.6 Å². The fourth-order valence-corrected chi connectivity index (χ4v) is 2.57. The third-order valence-electron chi connectivity index (χ3n) is 2.88. The molecule has 84 valence electrons. The van der Waals surface area contributed by atoms with Gasteiger partial charge >= 0.3 is 5.97 Å². The van der Waals surface area contributed by atoms with Gasteiger partial charge in [0.15, 0.2) is 0 Å². The highest BCUT2D eigenvalue weighted by atomic mass is 79.9. The molecule has 1 unspecified atom stereocenters. The largest absolute Gasteiger partial charge is 0.465 e. The van der Waals surface area contributed by atoms with Crippen LogP contribution in [0.5, 0.6) is 0 Å². The van der Waals surface area contributed by atoms with E-state index in [0.717, 1.165) is 10.1 Å². The van der Waals surface area contributed by atoms with Crippen LogP contribution in [0.1, 0.15) is 6.92 Å². The van der Waals surface area contributed by atoms with Crippen LogP contribution in [0.25, 0.3) is 0 Å². The number of hydrogen-bond donors (Lipinski definition) is 1. The third kappa shape index (κ3) is 1.35. The molecule has 2 N–H and O–H groups in total. The van der Waals surface area contributed by atoms with Crippen molar-refractivity contribution in [1.82, 2.24) is 0 Å². The van der Waals surface area contributed by atoms with Gasteiger partial charge in [-0.05, 0) is 13.0 Å². The number of methoxy groups -OCH3 is 1. The van der Waals surface area contributed by atoms with Gasteiger partial charge in [-0.2, -0.15) is 0 Å². The number of fused-ring (bicyclic) bond motifs is 1. The van der Waals surface area contributed by atoms with Gasteiger partial charge in [0, 0.05) is 28.2 Å². The first kappa shape index (κ1) is 11.1. The fourth-order valence-electron chi connectivity index (χ4n) is 1.83. The van der Waals surface area contributed by atoms with Crippen molar-refractivity contribution in [3.8, 4) is 0 Å². The second-order valence-electron chi connectivity index (χ2n) is 3.83. The summed E-state index contributed by atoms with van der Waals surface area (Å²) < 4.78 is 5.50. The monoisotopic (exact) mass is 282 g/mol. The molecule has 0 aromatic carbocycles. The number of carbonyl (C=O) groups is 1. The Morgan fingerprint density at radius 3 is 2.94 bits per heavy atom. The minimum absolute atomic E-state index is 0.377. The summed E-state index contributed by atoms with van der Waals surface area (Å²) in [5, 5.41) is 0. The van der Waals surface area contributed by atoms with Gasteiger partial charge in [-0.1, -0.05) is 15.9 Å². The van der Waals surface area contributed by atoms with E-state index in [1.165, 1.54) is 7.11 Å². The van der Waals surface area contributed by atoms with Crippen LogP contribution in [0, 0.1) is 5.41 Å². The third-order valence-corrected chi connectivity index (χ3v) is 3.54. The molecule has 0 aromatic heterocycles. The number of nitrogens with two attached hydrogens (primary N) is 1. The van der Waals surface area contributed by atoms with Crippen molar-refractivity contribution >= 4 is 28.1 Å². The van der Waals surface area contributed by atoms with E-state index in [4.69, 9.17) is 10.5 Å². The van der Waals surface area contributed by atoms with Crippen molar-refractivity contribution in [1.29, 1.82) is 0 Å².